The van der Waals surface area contributed by atoms with Gasteiger partial charge in [0.05, 0.1) is 0 Å². The minimum atomic E-state index is -4.98. The van der Waals surface area contributed by atoms with E-state index in [1.807, 2.05) is 0 Å². The molecule has 0 saturated heterocycles. The molecule has 0 aliphatic rings. The molecule has 0 fully saturated rings. The first kappa shape index (κ1) is 13.5. The maximum absolute atomic E-state index is 7.94. The summed E-state index contributed by atoms with van der Waals surface area (Å²) >= 11 is 0. The Kier molecular flexibility index (Phi) is 5.47. The zero-order chi connectivity index (χ0) is 7.71. The molecule has 0 saturated carbocycles. The predicted molar refractivity (Wildman–Crippen MR) is 25.9 cm³/mol. The minimum Gasteiger partial charge on any atom is -0.368 e. The van der Waals surface area contributed by atoms with Gasteiger partial charge in [0.25, 0.3) is 0 Å². The monoisotopic (exact) mass is 281 g/mol. The van der Waals surface area contributed by atoms with Gasteiger partial charge in [-0.05, 0) is 0 Å². The average molecular weight is 282 g/mol. The molecule has 0 unspecified atom stereocenters. The molecule has 0 aliphatic heterocycles. The Hall–Kier alpha value is 0.894. The molecule has 0 spiro atoms. The van der Waals surface area contributed by atoms with Crippen LogP contribution in [0.5, 0.6) is 0 Å². The van der Waals surface area contributed by atoms with Gasteiger partial charge in [0, 0.05) is 22.4 Å². The second-order valence-corrected chi connectivity index (χ2v) is 4.36. The molecule has 6 N–H and O–H groups in total. The van der Waals surface area contributed by atoms with Crippen LogP contribution in [0.4, 0.5) is 0 Å². The van der Waals surface area contributed by atoms with E-state index in [9.17, 15) is 0 Å². The van der Waals surface area contributed by atoms with Crippen LogP contribution >= 0.6 is 0 Å². The largest absolute Gasteiger partial charge is 0.665 e. The fraction of sp³-hybridized carbons (Fsp3) is 0. The summed E-state index contributed by atoms with van der Waals surface area (Å²) in [6.07, 6.45) is 0. The number of hydrogen-bond acceptors (Lipinski definition) is 7. The van der Waals surface area contributed by atoms with Gasteiger partial charge in [-0.2, -0.15) is 0 Å². The van der Waals surface area contributed by atoms with Crippen LogP contribution in [0, 0.1) is 0 Å². The summed E-state index contributed by atoms with van der Waals surface area (Å²) < 4.78 is 3.24. The molecule has 10 heavy (non-hydrogen) atoms. The second kappa shape index (κ2) is 4.05. The van der Waals surface area contributed by atoms with Crippen LogP contribution in [0.3, 0.4) is 0 Å². The summed E-state index contributed by atoms with van der Waals surface area (Å²) in [5, 5.41) is 0. The van der Waals surface area contributed by atoms with E-state index in [2.05, 4.69) is 4.12 Å². The molecule has 1 radical (unpaired) electrons. The standard InChI is InChI=1S/Ag.H6O7Si2/c;1-8(2,3)7-9(4,5)6/h;1-6H. The van der Waals surface area contributed by atoms with Gasteiger partial charge in [-0.25, -0.2) is 0 Å². The normalized spacial score (nSPS) is 12.6. The van der Waals surface area contributed by atoms with Crippen molar-refractivity contribution in [3.63, 3.8) is 0 Å². The Morgan fingerprint density at radius 3 is 0.900 bits per heavy atom. The molecule has 0 heterocycles. The average Bonchev–Trinajstić information content (AvgIpc) is 1.14. The Morgan fingerprint density at radius 1 is 0.700 bits per heavy atom. The van der Waals surface area contributed by atoms with E-state index in [4.69, 9.17) is 28.8 Å². The SMILES string of the molecule is O[Si](O)(O)O[Si](O)(O)O.[Ag]. The number of rotatable bonds is 2. The van der Waals surface area contributed by atoms with E-state index in [-0.39, 0.29) is 22.4 Å². The van der Waals surface area contributed by atoms with E-state index in [1.165, 1.54) is 0 Å². The predicted octanol–water partition coefficient (Wildman–Crippen LogP) is -4.17. The van der Waals surface area contributed by atoms with Crippen molar-refractivity contribution in [1.29, 1.82) is 0 Å². The van der Waals surface area contributed by atoms with Gasteiger partial charge in [0.1, 0.15) is 0 Å². The summed E-state index contributed by atoms with van der Waals surface area (Å²) in [5.41, 5.74) is 0. The van der Waals surface area contributed by atoms with Gasteiger partial charge in [-0.15, -0.1) is 0 Å². The Bertz CT molecular complexity index is 76.8. The van der Waals surface area contributed by atoms with Crippen molar-refractivity contribution < 1.29 is 55.3 Å². The van der Waals surface area contributed by atoms with Gasteiger partial charge >= 0.3 is 18.1 Å². The fourth-order valence-corrected chi connectivity index (χ4v) is 1.65. The van der Waals surface area contributed by atoms with Crippen LogP contribution in [-0.4, -0.2) is 46.9 Å². The third-order valence-electron chi connectivity index (χ3n) is 0.274. The summed E-state index contributed by atoms with van der Waals surface area (Å²) in [7, 11) is -9.96. The zero-order valence-corrected chi connectivity index (χ0v) is 7.88. The summed E-state index contributed by atoms with van der Waals surface area (Å²) in [5.74, 6) is 0. The van der Waals surface area contributed by atoms with E-state index in [0.717, 1.165) is 0 Å². The molecule has 0 bridgehead atoms. The van der Waals surface area contributed by atoms with Crippen LogP contribution in [0.2, 0.25) is 0 Å². The molecular weight excluding hydrogens is 276 g/mol. The van der Waals surface area contributed by atoms with Crippen molar-refractivity contribution in [3.05, 3.63) is 0 Å². The minimum absolute atomic E-state index is 0. The van der Waals surface area contributed by atoms with Gasteiger partial charge in [0.2, 0.25) is 0 Å². The van der Waals surface area contributed by atoms with Crippen molar-refractivity contribution in [2.75, 3.05) is 0 Å². The molecule has 7 nitrogen and oxygen atoms in total. The molecular formula is H6AgO7Si2. The molecule has 0 aromatic rings. The van der Waals surface area contributed by atoms with Gasteiger partial charge in [-0.1, -0.05) is 0 Å². The Morgan fingerprint density at radius 2 is 0.900 bits per heavy atom. The zero-order valence-electron chi connectivity index (χ0n) is 4.39. The van der Waals surface area contributed by atoms with E-state index < -0.39 is 18.1 Å². The van der Waals surface area contributed by atoms with Gasteiger partial charge in [-0.3, -0.25) is 0 Å². The molecule has 67 valence electrons. The van der Waals surface area contributed by atoms with Crippen LogP contribution in [0.15, 0.2) is 0 Å². The first-order valence-corrected chi connectivity index (χ1v) is 5.25. The molecule has 0 aromatic carbocycles. The van der Waals surface area contributed by atoms with E-state index in [0.29, 0.717) is 0 Å². The fourth-order valence-electron chi connectivity index (χ4n) is 0.184. The third-order valence-corrected chi connectivity index (χ3v) is 2.46. The van der Waals surface area contributed by atoms with Crippen molar-refractivity contribution in [2.24, 2.45) is 0 Å². The van der Waals surface area contributed by atoms with Crippen molar-refractivity contribution in [2.45, 2.75) is 0 Å². The van der Waals surface area contributed by atoms with Crippen LogP contribution in [0.1, 0.15) is 0 Å². The van der Waals surface area contributed by atoms with Gasteiger partial charge < -0.3 is 32.9 Å². The topological polar surface area (TPSA) is 131 Å². The maximum atomic E-state index is 7.94. The van der Waals surface area contributed by atoms with E-state index >= 15 is 0 Å². The van der Waals surface area contributed by atoms with Crippen LogP contribution in [0.25, 0.3) is 0 Å². The summed E-state index contributed by atoms with van der Waals surface area (Å²) in [6.45, 7) is 0. The first-order chi connectivity index (χ1) is 3.71. The van der Waals surface area contributed by atoms with Crippen LogP contribution < -0.4 is 0 Å². The smallest absolute Gasteiger partial charge is 0.368 e. The molecule has 0 amide bonds. The first-order valence-electron chi connectivity index (χ1n) is 1.75. The molecule has 0 aromatic heterocycles. The van der Waals surface area contributed by atoms with Gasteiger partial charge in [0.15, 0.2) is 0 Å². The molecule has 10 heteroatoms. The molecule has 0 atom stereocenters. The summed E-state index contributed by atoms with van der Waals surface area (Å²) in [6, 6.07) is 0. The Labute approximate surface area is 73.6 Å². The van der Waals surface area contributed by atoms with E-state index in [1.54, 1.807) is 0 Å². The number of hydrogen-bond donors (Lipinski definition) is 6. The van der Waals surface area contributed by atoms with Crippen molar-refractivity contribution in [3.8, 4) is 0 Å². The third kappa shape index (κ3) is 11.7. The van der Waals surface area contributed by atoms with Crippen molar-refractivity contribution in [1.82, 2.24) is 0 Å². The Balaban J connectivity index is 0. The summed E-state index contributed by atoms with van der Waals surface area (Å²) in [4.78, 5) is 47.6. The van der Waals surface area contributed by atoms with Crippen LogP contribution in [-0.2, 0) is 26.5 Å². The molecule has 0 rings (SSSR count). The van der Waals surface area contributed by atoms with Crippen molar-refractivity contribution >= 4 is 18.1 Å². The quantitative estimate of drug-likeness (QED) is 0.283. The maximum Gasteiger partial charge on any atom is 0.665 e. The molecule has 0 aliphatic carbocycles. The second-order valence-electron chi connectivity index (χ2n) is 1.25.